The zero-order chi connectivity index (χ0) is 27.3. The van der Waals surface area contributed by atoms with Crippen LogP contribution in [-0.4, -0.2) is 60.0 Å². The molecule has 0 radical (unpaired) electrons. The highest BCUT2D eigenvalue weighted by Gasteiger charge is 2.35. The summed E-state index contributed by atoms with van der Waals surface area (Å²) in [6, 6.07) is 4.62. The van der Waals surface area contributed by atoms with Crippen molar-refractivity contribution in [3.8, 4) is 5.75 Å². The van der Waals surface area contributed by atoms with E-state index in [1.165, 1.54) is 36.8 Å². The summed E-state index contributed by atoms with van der Waals surface area (Å²) >= 11 is 1.10. The van der Waals surface area contributed by atoms with Crippen molar-refractivity contribution in [1.82, 2.24) is 20.2 Å². The molecule has 1 aromatic carbocycles. The molecule has 3 heterocycles. The second-order valence-electron chi connectivity index (χ2n) is 8.49. The van der Waals surface area contributed by atoms with Gasteiger partial charge in [0.15, 0.2) is 0 Å². The zero-order valence-corrected chi connectivity index (χ0v) is 21.2. The summed E-state index contributed by atoms with van der Waals surface area (Å²) in [7, 11) is 1.40. The second kappa shape index (κ2) is 11.6. The minimum absolute atomic E-state index is 0.0345. The van der Waals surface area contributed by atoms with Crippen molar-refractivity contribution in [3.63, 3.8) is 0 Å². The number of nitrogens with two attached hydrogens (primary N) is 1. The van der Waals surface area contributed by atoms with Crippen LogP contribution in [0.1, 0.15) is 39.1 Å². The molecule has 14 heteroatoms. The Morgan fingerprint density at radius 1 is 1.16 bits per heavy atom. The van der Waals surface area contributed by atoms with Gasteiger partial charge in [-0.2, -0.15) is 18.2 Å². The summed E-state index contributed by atoms with van der Waals surface area (Å²) in [5, 5.41) is 11.1. The Balaban J connectivity index is 1.52. The van der Waals surface area contributed by atoms with Crippen molar-refractivity contribution >= 4 is 46.3 Å². The Bertz CT molecular complexity index is 1310. The van der Waals surface area contributed by atoms with Gasteiger partial charge in [0, 0.05) is 35.6 Å². The van der Waals surface area contributed by atoms with Gasteiger partial charge in [0.25, 0.3) is 11.8 Å². The predicted octanol–water partition coefficient (Wildman–Crippen LogP) is 3.98. The number of hydrogen-bond donors (Lipinski definition) is 4. The number of likely N-dealkylation sites (tertiary alicyclic amines) is 1. The smallest absolute Gasteiger partial charge is 0.421 e. The number of hydrogen-bond acceptors (Lipinski definition) is 9. The van der Waals surface area contributed by atoms with E-state index in [9.17, 15) is 22.8 Å². The second-order valence-corrected chi connectivity index (χ2v) is 9.23. The van der Waals surface area contributed by atoms with Gasteiger partial charge in [0.05, 0.1) is 24.0 Å². The van der Waals surface area contributed by atoms with Crippen molar-refractivity contribution < 1.29 is 27.5 Å². The maximum Gasteiger partial charge on any atom is 0.421 e. The van der Waals surface area contributed by atoms with E-state index in [0.717, 1.165) is 31.0 Å². The molecular formula is C24H26F3N7O3S. The first kappa shape index (κ1) is 27.1. The molecule has 1 aliphatic rings. The number of primary amides is 1. The van der Waals surface area contributed by atoms with Crippen LogP contribution in [0.25, 0.3) is 0 Å². The van der Waals surface area contributed by atoms with E-state index in [2.05, 4.69) is 30.8 Å². The Labute approximate surface area is 220 Å². The lowest BCUT2D eigenvalue weighted by atomic mass is 10.1. The number of benzene rings is 1. The molecule has 0 unspecified atom stereocenters. The Morgan fingerprint density at radius 3 is 2.61 bits per heavy atom. The first-order valence-electron chi connectivity index (χ1n) is 11.7. The number of carbonyl (C=O) groups is 2. The van der Waals surface area contributed by atoms with E-state index in [4.69, 9.17) is 10.5 Å². The molecule has 0 aliphatic carbocycles. The molecule has 0 saturated carbocycles. The van der Waals surface area contributed by atoms with Crippen molar-refractivity contribution in [2.24, 2.45) is 5.73 Å². The third-order valence-corrected chi connectivity index (χ3v) is 6.64. The van der Waals surface area contributed by atoms with E-state index in [-0.39, 0.29) is 28.9 Å². The van der Waals surface area contributed by atoms with Crippen LogP contribution < -0.4 is 26.4 Å². The van der Waals surface area contributed by atoms with Gasteiger partial charge in [-0.1, -0.05) is 0 Å². The van der Waals surface area contributed by atoms with Crippen molar-refractivity contribution in [3.05, 3.63) is 51.8 Å². The molecule has 1 saturated heterocycles. The number of rotatable bonds is 10. The summed E-state index contributed by atoms with van der Waals surface area (Å²) < 4.78 is 46.2. The summed E-state index contributed by atoms with van der Waals surface area (Å²) in [5.41, 5.74) is 5.00. The normalized spacial score (nSPS) is 13.8. The number of alkyl halides is 3. The molecule has 3 aromatic rings. The van der Waals surface area contributed by atoms with Gasteiger partial charge >= 0.3 is 6.18 Å². The molecule has 2 aromatic heterocycles. The van der Waals surface area contributed by atoms with Gasteiger partial charge in [-0.25, -0.2) is 4.98 Å². The molecule has 1 fully saturated rings. The van der Waals surface area contributed by atoms with Crippen molar-refractivity contribution in [1.29, 1.82) is 0 Å². The molecular weight excluding hydrogens is 523 g/mol. The molecule has 5 N–H and O–H groups in total. The standard InChI is InChI=1S/C24H26F3N7O3S/c1-37-19-10-14(22(36)29-6-9-34-7-2-3-8-34)4-5-17(19)32-23-30-11-16(24(25,26)27)21(33-23)31-18-13-38-12-15(18)20(28)35/h4-5,10-13H,2-3,6-9H2,1H3,(H2,28,35)(H,29,36)(H2,30,31,32,33). The molecule has 0 bridgehead atoms. The quantitative estimate of drug-likeness (QED) is 0.298. The van der Waals surface area contributed by atoms with Gasteiger partial charge in [-0.3, -0.25) is 9.59 Å². The highest BCUT2D eigenvalue weighted by molar-refractivity contribution is 7.08. The monoisotopic (exact) mass is 549 g/mol. The summed E-state index contributed by atoms with van der Waals surface area (Å²) in [6.07, 6.45) is -1.79. The number of anilines is 4. The number of aromatic nitrogens is 2. The van der Waals surface area contributed by atoms with Crippen LogP contribution in [0.3, 0.4) is 0 Å². The number of halogens is 3. The van der Waals surface area contributed by atoms with Gasteiger partial charge in [0.2, 0.25) is 5.95 Å². The zero-order valence-electron chi connectivity index (χ0n) is 20.4. The number of nitrogens with one attached hydrogen (secondary N) is 3. The minimum atomic E-state index is -4.76. The Hall–Kier alpha value is -3.91. The molecule has 38 heavy (non-hydrogen) atoms. The summed E-state index contributed by atoms with van der Waals surface area (Å²) in [5.74, 6) is -1.53. The molecule has 1 aliphatic heterocycles. The van der Waals surface area contributed by atoms with Crippen molar-refractivity contribution in [2.75, 3.05) is 43.9 Å². The fourth-order valence-electron chi connectivity index (χ4n) is 3.95. The number of nitrogens with zero attached hydrogens (tertiary/aromatic N) is 3. The lowest BCUT2D eigenvalue weighted by Gasteiger charge is -2.16. The van der Waals surface area contributed by atoms with E-state index >= 15 is 0 Å². The lowest BCUT2D eigenvalue weighted by molar-refractivity contribution is -0.137. The van der Waals surface area contributed by atoms with E-state index < -0.39 is 23.5 Å². The van der Waals surface area contributed by atoms with Gasteiger partial charge in [-0.15, -0.1) is 11.3 Å². The Kier molecular flexibility index (Phi) is 8.32. The topological polar surface area (TPSA) is 134 Å². The van der Waals surface area contributed by atoms with Crippen LogP contribution in [0.4, 0.5) is 36.3 Å². The number of methoxy groups -OCH3 is 1. The Morgan fingerprint density at radius 2 is 1.92 bits per heavy atom. The maximum atomic E-state index is 13.6. The molecule has 2 amide bonds. The molecule has 202 valence electrons. The van der Waals surface area contributed by atoms with E-state index in [1.54, 1.807) is 12.1 Å². The van der Waals surface area contributed by atoms with Crippen LogP contribution in [0.5, 0.6) is 5.75 Å². The maximum absolute atomic E-state index is 13.6. The van der Waals surface area contributed by atoms with Crippen LogP contribution in [0.2, 0.25) is 0 Å². The number of thiophene rings is 1. The first-order chi connectivity index (χ1) is 18.2. The van der Waals surface area contributed by atoms with Crippen LogP contribution in [0.15, 0.2) is 35.2 Å². The average Bonchev–Trinajstić information content (AvgIpc) is 3.56. The predicted molar refractivity (Wildman–Crippen MR) is 137 cm³/mol. The van der Waals surface area contributed by atoms with Crippen molar-refractivity contribution in [2.45, 2.75) is 19.0 Å². The van der Waals surface area contributed by atoms with E-state index in [0.29, 0.717) is 24.0 Å². The van der Waals surface area contributed by atoms with Crippen LogP contribution >= 0.6 is 11.3 Å². The summed E-state index contributed by atoms with van der Waals surface area (Å²) in [6.45, 7) is 3.36. The molecule has 10 nitrogen and oxygen atoms in total. The van der Waals surface area contributed by atoms with Gasteiger partial charge in [0.1, 0.15) is 17.1 Å². The minimum Gasteiger partial charge on any atom is -0.495 e. The highest BCUT2D eigenvalue weighted by atomic mass is 32.1. The van der Waals surface area contributed by atoms with Crippen LogP contribution in [0, 0.1) is 0 Å². The third kappa shape index (κ3) is 6.50. The van der Waals surface area contributed by atoms with Gasteiger partial charge < -0.3 is 31.3 Å². The largest absolute Gasteiger partial charge is 0.495 e. The third-order valence-electron chi connectivity index (χ3n) is 5.90. The van der Waals surface area contributed by atoms with E-state index in [1.807, 2.05) is 0 Å². The summed E-state index contributed by atoms with van der Waals surface area (Å²) in [4.78, 5) is 34.2. The highest BCUT2D eigenvalue weighted by Crippen LogP contribution is 2.37. The number of ether oxygens (including phenoxy) is 1. The average molecular weight is 550 g/mol. The van der Waals surface area contributed by atoms with Crippen LogP contribution in [-0.2, 0) is 6.18 Å². The lowest BCUT2D eigenvalue weighted by Crippen LogP contribution is -2.33. The SMILES string of the molecule is COc1cc(C(=O)NCCN2CCCC2)ccc1Nc1ncc(C(F)(F)F)c(Nc2cscc2C(N)=O)n1. The number of amides is 2. The molecule has 0 spiro atoms. The van der Waals surface area contributed by atoms with Gasteiger partial charge in [-0.05, 0) is 44.1 Å². The molecule has 4 rings (SSSR count). The first-order valence-corrected chi connectivity index (χ1v) is 12.6. The number of carbonyl (C=O) groups excluding carboxylic acids is 2. The fourth-order valence-corrected chi connectivity index (χ4v) is 4.72. The molecule has 0 atom stereocenters. The fraction of sp³-hybridized carbons (Fsp3) is 0.333.